The van der Waals surface area contributed by atoms with Gasteiger partial charge in [0.05, 0.1) is 12.8 Å². The van der Waals surface area contributed by atoms with Crippen molar-refractivity contribution in [2.75, 3.05) is 25.5 Å². The molecule has 3 N–H and O–H groups in total. The van der Waals surface area contributed by atoms with E-state index in [2.05, 4.69) is 54.2 Å². The molecular formula is C32H38N4O4. The first-order valence-corrected chi connectivity index (χ1v) is 13.4. The van der Waals surface area contributed by atoms with Crippen molar-refractivity contribution >= 4 is 18.0 Å². The lowest BCUT2D eigenvalue weighted by Crippen LogP contribution is -2.36. The van der Waals surface area contributed by atoms with E-state index in [1.165, 1.54) is 18.2 Å². The highest BCUT2D eigenvalue weighted by Crippen LogP contribution is 2.34. The lowest BCUT2D eigenvalue weighted by atomic mass is 9.92. The Labute approximate surface area is 236 Å². The number of nitrogens with zero attached hydrogens (tertiary/aromatic N) is 2. The monoisotopic (exact) mass is 542 g/mol. The fourth-order valence-corrected chi connectivity index (χ4v) is 4.98. The molecule has 0 amide bonds. The minimum absolute atomic E-state index is 0.0678. The summed E-state index contributed by atoms with van der Waals surface area (Å²) in [5.74, 6) is -0.205. The van der Waals surface area contributed by atoms with E-state index in [-0.39, 0.29) is 16.9 Å². The highest BCUT2D eigenvalue weighted by Gasteiger charge is 2.22. The lowest BCUT2D eigenvalue weighted by molar-refractivity contribution is -0.132. The van der Waals surface area contributed by atoms with Gasteiger partial charge in [0, 0.05) is 31.4 Å². The molecule has 2 heterocycles. The van der Waals surface area contributed by atoms with E-state index in [0.29, 0.717) is 18.1 Å². The number of para-hydroxylation sites is 1. The normalized spacial score (nSPS) is 14.1. The fraction of sp³-hybridized carbons (Fsp3) is 0.344. The summed E-state index contributed by atoms with van der Waals surface area (Å²) in [6, 6.07) is 18.0. The van der Waals surface area contributed by atoms with Crippen molar-refractivity contribution in [1.82, 2.24) is 9.88 Å². The number of pyridine rings is 1. The molecule has 1 aliphatic rings. The number of methoxy groups -OCH3 is 1. The molecule has 8 nitrogen and oxygen atoms in total. The number of carboxylic acid groups (broad SMARTS) is 1. The van der Waals surface area contributed by atoms with Crippen molar-refractivity contribution in [3.63, 3.8) is 0 Å². The third kappa shape index (κ3) is 7.07. The Balaban J connectivity index is 1.53. The molecule has 0 unspecified atom stereocenters. The van der Waals surface area contributed by atoms with Gasteiger partial charge < -0.3 is 25.3 Å². The molecule has 3 aromatic rings. The summed E-state index contributed by atoms with van der Waals surface area (Å²) in [6.45, 7) is 12.4. The molecule has 0 saturated carbocycles. The number of hydrogen-bond acceptors (Lipinski definition) is 7. The molecule has 4 rings (SSSR count). The average Bonchev–Trinajstić information content (AvgIpc) is 2.91. The zero-order chi connectivity index (χ0) is 28.9. The molecule has 0 fully saturated rings. The van der Waals surface area contributed by atoms with Crippen molar-refractivity contribution in [3.05, 3.63) is 88.3 Å². The van der Waals surface area contributed by atoms with Crippen molar-refractivity contribution in [1.29, 1.82) is 5.41 Å². The first-order valence-electron chi connectivity index (χ1n) is 13.4. The maximum atomic E-state index is 11.5. The van der Waals surface area contributed by atoms with Gasteiger partial charge in [0.15, 0.2) is 0 Å². The number of anilines is 1. The molecule has 8 heteroatoms. The standard InChI is InChI=1S/C32H38N4O4/c1-21-8-6-9-25(27-10-7-11-28(34-27)35-30(39-5)26(17-33)31(37)38)29(21)40-19-22-12-13-24-18-36(20-32(2,3)4)15-14-23(24)16-22/h6-13,16-17,33H,14-15,18-20H2,1-5H3,(H,34,35)(H,37,38)/b30-26-,33-17?. The zero-order valence-electron chi connectivity index (χ0n) is 23.9. The number of hydrogen-bond donors (Lipinski definition) is 3. The topological polar surface area (TPSA) is 108 Å². The zero-order valence-corrected chi connectivity index (χ0v) is 23.9. The second kappa shape index (κ2) is 12.3. The summed E-state index contributed by atoms with van der Waals surface area (Å²) >= 11 is 0. The van der Waals surface area contributed by atoms with Crippen LogP contribution in [-0.4, -0.2) is 47.4 Å². The Morgan fingerprint density at radius 3 is 2.62 bits per heavy atom. The van der Waals surface area contributed by atoms with Crippen LogP contribution in [-0.2, 0) is 29.1 Å². The Bertz CT molecular complexity index is 1420. The van der Waals surface area contributed by atoms with Crippen LogP contribution in [0.5, 0.6) is 5.75 Å². The SMILES string of the molecule is CO/C(Nc1cccc(-c2cccc(C)c2OCc2ccc3c(c2)CCN(CC(C)(C)C)C3)n1)=C(/C=N)C(=O)O. The van der Waals surface area contributed by atoms with Crippen molar-refractivity contribution in [2.45, 2.75) is 47.3 Å². The molecule has 0 radical (unpaired) electrons. The predicted octanol–water partition coefficient (Wildman–Crippen LogP) is 6.04. The van der Waals surface area contributed by atoms with Crippen molar-refractivity contribution < 1.29 is 19.4 Å². The van der Waals surface area contributed by atoms with Gasteiger partial charge in [0.1, 0.15) is 23.7 Å². The van der Waals surface area contributed by atoms with E-state index >= 15 is 0 Å². The van der Waals surface area contributed by atoms with Crippen molar-refractivity contribution in [2.24, 2.45) is 5.41 Å². The second-order valence-corrected chi connectivity index (χ2v) is 11.3. The Kier molecular flexibility index (Phi) is 8.90. The number of aliphatic carboxylic acids is 1. The van der Waals surface area contributed by atoms with Crippen LogP contribution in [0.15, 0.2) is 66.1 Å². The van der Waals surface area contributed by atoms with Gasteiger partial charge in [0.2, 0.25) is 5.88 Å². The van der Waals surface area contributed by atoms with Gasteiger partial charge in [-0.15, -0.1) is 0 Å². The Morgan fingerprint density at radius 1 is 1.15 bits per heavy atom. The molecule has 0 atom stereocenters. The number of carboxylic acids is 1. The number of nitrogens with one attached hydrogen (secondary N) is 2. The van der Waals surface area contributed by atoms with E-state index < -0.39 is 5.97 Å². The summed E-state index contributed by atoms with van der Waals surface area (Å²) in [5.41, 5.74) is 6.37. The van der Waals surface area contributed by atoms with E-state index in [1.807, 2.05) is 37.3 Å². The van der Waals surface area contributed by atoms with Gasteiger partial charge in [-0.25, -0.2) is 9.78 Å². The van der Waals surface area contributed by atoms with E-state index in [4.69, 9.17) is 14.9 Å². The first kappa shape index (κ1) is 28.8. The van der Waals surface area contributed by atoms with Gasteiger partial charge in [-0.2, -0.15) is 0 Å². The number of aryl methyl sites for hydroxylation is 1. The van der Waals surface area contributed by atoms with Gasteiger partial charge >= 0.3 is 5.97 Å². The third-order valence-corrected chi connectivity index (χ3v) is 6.75. The maximum Gasteiger partial charge on any atom is 0.342 e. The quantitative estimate of drug-likeness (QED) is 0.163. The minimum Gasteiger partial charge on any atom is -0.488 e. The van der Waals surface area contributed by atoms with Crippen LogP contribution in [0.4, 0.5) is 5.82 Å². The van der Waals surface area contributed by atoms with Gasteiger partial charge in [-0.1, -0.05) is 57.2 Å². The molecule has 1 aliphatic heterocycles. The minimum atomic E-state index is -1.27. The maximum absolute atomic E-state index is 11.5. The number of benzene rings is 2. The van der Waals surface area contributed by atoms with Crippen LogP contribution in [0.2, 0.25) is 0 Å². The number of rotatable bonds is 10. The third-order valence-electron chi connectivity index (χ3n) is 6.75. The molecular weight excluding hydrogens is 504 g/mol. The van der Waals surface area contributed by atoms with Crippen molar-refractivity contribution in [3.8, 4) is 17.0 Å². The van der Waals surface area contributed by atoms with Crippen LogP contribution in [0.3, 0.4) is 0 Å². The fourth-order valence-electron chi connectivity index (χ4n) is 4.98. The van der Waals surface area contributed by atoms with Gasteiger partial charge in [-0.3, -0.25) is 4.90 Å². The second-order valence-electron chi connectivity index (χ2n) is 11.3. The number of ether oxygens (including phenoxy) is 2. The molecule has 0 aliphatic carbocycles. The van der Waals surface area contributed by atoms with Crippen LogP contribution >= 0.6 is 0 Å². The smallest absolute Gasteiger partial charge is 0.342 e. The van der Waals surface area contributed by atoms with Gasteiger partial charge in [-0.05, 0) is 59.2 Å². The molecule has 0 spiro atoms. The summed E-state index contributed by atoms with van der Waals surface area (Å²) in [4.78, 5) is 18.7. The summed E-state index contributed by atoms with van der Waals surface area (Å²) in [7, 11) is 1.34. The lowest BCUT2D eigenvalue weighted by Gasteiger charge is -2.34. The van der Waals surface area contributed by atoms with E-state index in [9.17, 15) is 9.90 Å². The highest BCUT2D eigenvalue weighted by atomic mass is 16.5. The first-order chi connectivity index (χ1) is 19.1. The van der Waals surface area contributed by atoms with Crippen LogP contribution < -0.4 is 10.1 Å². The molecule has 210 valence electrons. The summed E-state index contributed by atoms with van der Waals surface area (Å²) in [5, 5.41) is 19.6. The van der Waals surface area contributed by atoms with E-state index in [1.54, 1.807) is 6.07 Å². The number of aromatic nitrogens is 1. The molecule has 0 saturated heterocycles. The van der Waals surface area contributed by atoms with Crippen LogP contribution in [0, 0.1) is 17.7 Å². The van der Waals surface area contributed by atoms with Gasteiger partial charge in [0.25, 0.3) is 0 Å². The number of fused-ring (bicyclic) bond motifs is 1. The van der Waals surface area contributed by atoms with Crippen LogP contribution in [0.1, 0.15) is 43.0 Å². The van der Waals surface area contributed by atoms with E-state index in [0.717, 1.165) is 54.7 Å². The summed E-state index contributed by atoms with van der Waals surface area (Å²) in [6.07, 6.45) is 1.77. The molecule has 40 heavy (non-hydrogen) atoms. The molecule has 0 bridgehead atoms. The Morgan fingerprint density at radius 2 is 1.93 bits per heavy atom. The Hall–Kier alpha value is -4.17. The molecule has 2 aromatic carbocycles. The highest BCUT2D eigenvalue weighted by molar-refractivity contribution is 6.08. The largest absolute Gasteiger partial charge is 0.488 e. The average molecular weight is 543 g/mol. The number of carbonyl (C=O) groups is 1. The molecule has 1 aromatic heterocycles. The summed E-state index contributed by atoms with van der Waals surface area (Å²) < 4.78 is 11.6. The predicted molar refractivity (Wildman–Crippen MR) is 158 cm³/mol. The van der Waals surface area contributed by atoms with Crippen LogP contribution in [0.25, 0.3) is 11.3 Å².